The smallest absolute Gasteiger partial charge is 0.258 e. The third-order valence-electron chi connectivity index (χ3n) is 5.55. The van der Waals surface area contributed by atoms with Gasteiger partial charge in [0.1, 0.15) is 0 Å². The number of nitro benzene ring substituents is 4. The predicted molar refractivity (Wildman–Crippen MR) is 134 cm³/mol. The van der Waals surface area contributed by atoms with Crippen LogP contribution in [0.3, 0.4) is 0 Å². The van der Waals surface area contributed by atoms with Crippen LogP contribution in [0.5, 0.6) is 0 Å². The van der Waals surface area contributed by atoms with E-state index in [1.807, 2.05) is 35.7 Å². The van der Waals surface area contributed by atoms with Crippen LogP contribution in [-0.2, 0) is 0 Å². The topological polar surface area (TPSA) is 173 Å². The Bertz CT molecular complexity index is 1520. The van der Waals surface area contributed by atoms with Crippen molar-refractivity contribution in [2.45, 2.75) is 0 Å². The minimum Gasteiger partial charge on any atom is -0.258 e. The predicted octanol–water partition coefficient (Wildman–Crippen LogP) is 6.50. The lowest BCUT2D eigenvalue weighted by Gasteiger charge is -2.08. The molecule has 0 atom stereocenters. The molecule has 0 amide bonds. The van der Waals surface area contributed by atoms with Gasteiger partial charge in [-0.2, -0.15) is 0 Å². The second kappa shape index (κ2) is 8.58. The number of non-ortho nitro benzene ring substituents is 2. The maximum atomic E-state index is 11.9. The number of nitro groups is 4. The maximum Gasteiger partial charge on any atom is 0.284 e. The van der Waals surface area contributed by atoms with E-state index in [2.05, 4.69) is 0 Å². The third-order valence-corrected chi connectivity index (χ3v) is 7.97. The Kier molecular flexibility index (Phi) is 5.53. The fourth-order valence-electron chi connectivity index (χ4n) is 4.10. The molecule has 1 aliphatic carbocycles. The molecule has 0 aromatic heterocycles. The maximum absolute atomic E-state index is 11.9. The summed E-state index contributed by atoms with van der Waals surface area (Å²) in [5.74, 6) is 0. The highest BCUT2D eigenvalue weighted by Crippen LogP contribution is 2.60. The zero-order valence-electron chi connectivity index (χ0n) is 17.6. The summed E-state index contributed by atoms with van der Waals surface area (Å²) >= 11 is 2.50. The van der Waals surface area contributed by atoms with E-state index in [0.717, 1.165) is 34.7 Å². The average Bonchev–Trinajstić information content (AvgIpc) is 3.45. The Labute approximate surface area is 208 Å². The monoisotopic (exact) mass is 522 g/mol. The summed E-state index contributed by atoms with van der Waals surface area (Å²) < 4.78 is 0.526. The molecular formula is C22H10N4O8S2. The molecule has 1 heterocycles. The lowest BCUT2D eigenvalue weighted by atomic mass is 10.0. The Morgan fingerprint density at radius 2 is 1.14 bits per heavy atom. The number of hydrogen-bond acceptors (Lipinski definition) is 10. The molecule has 0 radical (unpaired) electrons. The van der Waals surface area contributed by atoms with E-state index in [9.17, 15) is 40.5 Å². The van der Waals surface area contributed by atoms with Gasteiger partial charge < -0.3 is 0 Å². The number of benzene rings is 3. The van der Waals surface area contributed by atoms with Gasteiger partial charge in [0.2, 0.25) is 0 Å². The molecule has 14 heteroatoms. The number of rotatable bonds is 5. The number of nitrogens with zero attached hydrogens (tertiary/aromatic N) is 4. The van der Waals surface area contributed by atoms with Crippen molar-refractivity contribution in [3.8, 4) is 11.1 Å². The largest absolute Gasteiger partial charge is 0.284 e. The van der Waals surface area contributed by atoms with Crippen LogP contribution in [0.1, 0.15) is 16.7 Å². The molecule has 0 spiro atoms. The van der Waals surface area contributed by atoms with Gasteiger partial charge in [-0.3, -0.25) is 40.5 Å². The van der Waals surface area contributed by atoms with E-state index in [-0.39, 0.29) is 27.8 Å². The third kappa shape index (κ3) is 3.68. The number of hydrogen-bond donors (Lipinski definition) is 0. The van der Waals surface area contributed by atoms with Crippen LogP contribution in [0, 0.1) is 40.5 Å². The molecule has 2 aliphatic rings. The molecule has 3 aromatic carbocycles. The van der Waals surface area contributed by atoms with Gasteiger partial charge >= 0.3 is 0 Å². The van der Waals surface area contributed by atoms with Gasteiger partial charge in [0.15, 0.2) is 0 Å². The van der Waals surface area contributed by atoms with Crippen LogP contribution in [0.4, 0.5) is 22.7 Å². The highest BCUT2D eigenvalue weighted by atomic mass is 32.2. The minimum absolute atomic E-state index is 0.0345. The van der Waals surface area contributed by atoms with E-state index in [1.165, 1.54) is 23.5 Å². The number of thioether (sulfide) groups is 2. The SMILES string of the molecule is O=[N+]([O-])c1cc2c(c([N+](=O)[O-])c1)-c1c(cc([N+](=O)[O-])cc1[N+](=O)[O-])C2=C1SC=C(c2ccccc2)S1. The first kappa shape index (κ1) is 23.2. The summed E-state index contributed by atoms with van der Waals surface area (Å²) in [5.41, 5.74) is -1.73. The standard InChI is InChI=1S/C22H10N4O8S2/c27-23(28)12-6-14-19(22-35-10-18(36-22)11-4-2-1-3-5-11)15-7-13(24(29)30)9-17(26(33)34)21(15)20(14)16(8-12)25(31)32/h1-10H. The molecule has 0 saturated carbocycles. The number of fused-ring (bicyclic) bond motifs is 3. The fourth-order valence-corrected chi connectivity index (χ4v) is 6.51. The molecule has 5 rings (SSSR count). The Morgan fingerprint density at radius 1 is 0.639 bits per heavy atom. The molecule has 0 bridgehead atoms. The lowest BCUT2D eigenvalue weighted by Crippen LogP contribution is -1.99. The van der Waals surface area contributed by atoms with Crippen molar-refractivity contribution in [1.82, 2.24) is 0 Å². The van der Waals surface area contributed by atoms with Gasteiger partial charge in [-0.25, -0.2) is 0 Å². The van der Waals surface area contributed by atoms with Crippen LogP contribution < -0.4 is 0 Å². The van der Waals surface area contributed by atoms with Crippen molar-refractivity contribution < 1.29 is 19.7 Å². The molecule has 3 aromatic rings. The molecule has 0 fully saturated rings. The van der Waals surface area contributed by atoms with Crippen molar-refractivity contribution in [3.05, 3.63) is 121 Å². The van der Waals surface area contributed by atoms with Crippen LogP contribution in [0.2, 0.25) is 0 Å². The van der Waals surface area contributed by atoms with Crippen molar-refractivity contribution in [1.29, 1.82) is 0 Å². The lowest BCUT2D eigenvalue weighted by molar-refractivity contribution is -0.395. The van der Waals surface area contributed by atoms with Crippen molar-refractivity contribution in [2.75, 3.05) is 0 Å². The van der Waals surface area contributed by atoms with E-state index in [0.29, 0.717) is 4.24 Å². The Morgan fingerprint density at radius 3 is 1.58 bits per heavy atom. The first-order valence-corrected chi connectivity index (χ1v) is 11.7. The quantitative estimate of drug-likeness (QED) is 0.208. The normalized spacial score (nSPS) is 13.7. The summed E-state index contributed by atoms with van der Waals surface area (Å²) in [6.07, 6.45) is 0. The van der Waals surface area contributed by atoms with E-state index < -0.39 is 42.4 Å². The van der Waals surface area contributed by atoms with E-state index in [4.69, 9.17) is 0 Å². The highest BCUT2D eigenvalue weighted by molar-refractivity contribution is 8.31. The van der Waals surface area contributed by atoms with Crippen LogP contribution in [-0.4, -0.2) is 19.7 Å². The zero-order valence-corrected chi connectivity index (χ0v) is 19.3. The summed E-state index contributed by atoms with van der Waals surface area (Å²) in [6.45, 7) is 0. The summed E-state index contributed by atoms with van der Waals surface area (Å²) in [7, 11) is 0. The summed E-state index contributed by atoms with van der Waals surface area (Å²) in [5, 5.41) is 48.8. The molecule has 1 aliphatic heterocycles. The average molecular weight is 522 g/mol. The van der Waals surface area contributed by atoms with Crippen molar-refractivity contribution in [2.24, 2.45) is 0 Å². The van der Waals surface area contributed by atoms with Crippen molar-refractivity contribution in [3.63, 3.8) is 0 Å². The molecule has 0 unspecified atom stereocenters. The van der Waals surface area contributed by atoms with Crippen LogP contribution >= 0.6 is 23.5 Å². The van der Waals surface area contributed by atoms with Crippen LogP contribution in [0.15, 0.2) is 64.2 Å². The molecule has 36 heavy (non-hydrogen) atoms. The molecule has 0 N–H and O–H groups in total. The first-order chi connectivity index (χ1) is 17.2. The van der Waals surface area contributed by atoms with Gasteiger partial charge in [0.05, 0.1) is 47.2 Å². The summed E-state index contributed by atoms with van der Waals surface area (Å²) in [6, 6.07) is 13.0. The first-order valence-electron chi connectivity index (χ1n) is 9.96. The van der Waals surface area contributed by atoms with Gasteiger partial charge in [-0.1, -0.05) is 53.9 Å². The fraction of sp³-hybridized carbons (Fsp3) is 0. The van der Waals surface area contributed by atoms with Gasteiger partial charge in [0.25, 0.3) is 22.7 Å². The molecule has 0 saturated heterocycles. The molecular weight excluding hydrogens is 512 g/mol. The Hall–Kier alpha value is -4.56. The Balaban J connectivity index is 1.86. The summed E-state index contributed by atoms with van der Waals surface area (Å²) in [4.78, 5) is 44.6. The van der Waals surface area contributed by atoms with Gasteiger partial charge in [0, 0.05) is 33.7 Å². The second-order valence-corrected chi connectivity index (χ2v) is 9.72. The molecule has 178 valence electrons. The minimum atomic E-state index is -0.850. The van der Waals surface area contributed by atoms with Crippen LogP contribution in [0.25, 0.3) is 21.6 Å². The van der Waals surface area contributed by atoms with E-state index in [1.54, 1.807) is 0 Å². The molecule has 12 nitrogen and oxygen atoms in total. The van der Waals surface area contributed by atoms with Gasteiger partial charge in [-0.05, 0) is 11.0 Å². The highest BCUT2D eigenvalue weighted by Gasteiger charge is 2.42. The van der Waals surface area contributed by atoms with Crippen molar-refractivity contribution >= 4 is 56.8 Å². The van der Waals surface area contributed by atoms with E-state index >= 15 is 0 Å². The van der Waals surface area contributed by atoms with Gasteiger partial charge in [-0.15, -0.1) is 0 Å². The second-order valence-electron chi connectivity index (χ2n) is 7.53. The zero-order chi connectivity index (χ0) is 25.7.